The molecule has 1 amide bonds. The molecule has 5 rings (SSSR count). The van der Waals surface area contributed by atoms with E-state index in [0.717, 1.165) is 35.3 Å². The van der Waals surface area contributed by atoms with Gasteiger partial charge in [-0.05, 0) is 56.6 Å². The number of benzene rings is 2. The smallest absolute Gasteiger partial charge is 0.421 e. The van der Waals surface area contributed by atoms with Crippen molar-refractivity contribution in [3.63, 3.8) is 0 Å². The third-order valence-electron chi connectivity index (χ3n) is 8.36. The molecule has 0 bridgehead atoms. The molecule has 0 saturated carbocycles. The summed E-state index contributed by atoms with van der Waals surface area (Å²) < 4.78 is 88.9. The number of hydrogen-bond donors (Lipinski definition) is 3. The summed E-state index contributed by atoms with van der Waals surface area (Å²) in [6.45, 7) is 1.56. The van der Waals surface area contributed by atoms with Crippen LogP contribution < -0.4 is 20.7 Å². The van der Waals surface area contributed by atoms with E-state index in [1.807, 2.05) is 7.05 Å². The van der Waals surface area contributed by atoms with E-state index in [9.17, 15) is 26.4 Å². The molecule has 2 aromatic carbocycles. The molecular formula is C30H35F4N7O4S. The SMILES string of the molecule is COc1cc(F)c(C(=O)NC2CCN(C)CC2)cc1Nc1ncc(C(F)(F)F)c(N[C@@H]2Cc3ccccc3[C@H]2N(C)S(C)(=O)=O)n1. The Morgan fingerprint density at radius 2 is 1.85 bits per heavy atom. The molecule has 46 heavy (non-hydrogen) atoms. The maximum atomic E-state index is 15.0. The Hall–Kier alpha value is -4.02. The van der Waals surface area contributed by atoms with E-state index in [0.29, 0.717) is 24.6 Å². The van der Waals surface area contributed by atoms with Gasteiger partial charge in [-0.2, -0.15) is 22.5 Å². The minimum Gasteiger partial charge on any atom is -0.494 e. The van der Waals surface area contributed by atoms with Gasteiger partial charge in [0, 0.05) is 25.4 Å². The standard InChI is InChI=1S/C30H35F4N7O4S/c1-40-11-9-18(10-12-40)36-28(42)20-14-23(25(45-3)15-22(20)31)38-29-35-16-21(30(32,33)34)27(39-29)37-24-13-17-7-5-6-8-19(17)26(24)41(2)46(4,43)44/h5-8,14-16,18,24,26H,9-13H2,1-4H3,(H,36,42)(H2,35,37,38,39)/t24-,26-/m1/s1. The molecule has 3 aromatic rings. The highest BCUT2D eigenvalue weighted by Gasteiger charge is 2.41. The summed E-state index contributed by atoms with van der Waals surface area (Å²) in [4.78, 5) is 23.1. The second-order valence-electron chi connectivity index (χ2n) is 11.5. The lowest BCUT2D eigenvalue weighted by Crippen LogP contribution is -2.43. The van der Waals surface area contributed by atoms with Crippen LogP contribution in [0.2, 0.25) is 0 Å². The lowest BCUT2D eigenvalue weighted by molar-refractivity contribution is -0.137. The number of nitrogens with one attached hydrogen (secondary N) is 3. The number of rotatable bonds is 9. The number of sulfonamides is 1. The second kappa shape index (κ2) is 13.0. The number of nitrogens with zero attached hydrogens (tertiary/aromatic N) is 4. The first-order chi connectivity index (χ1) is 21.7. The number of anilines is 3. The Bertz CT molecular complexity index is 1720. The van der Waals surface area contributed by atoms with Crippen molar-refractivity contribution in [3.8, 4) is 5.75 Å². The number of carbonyl (C=O) groups excluding carboxylic acids is 1. The molecule has 2 atom stereocenters. The number of halogens is 4. The minimum absolute atomic E-state index is 0.0348. The summed E-state index contributed by atoms with van der Waals surface area (Å²) in [6, 6.07) is 7.45. The number of fused-ring (bicyclic) bond motifs is 1. The van der Waals surface area contributed by atoms with Crippen LogP contribution in [-0.4, -0.2) is 86.1 Å². The molecule has 1 saturated heterocycles. The fraction of sp³-hybridized carbons (Fsp3) is 0.433. The number of ether oxygens (including phenoxy) is 1. The van der Waals surface area contributed by atoms with Crippen LogP contribution in [0, 0.1) is 5.82 Å². The maximum absolute atomic E-state index is 15.0. The van der Waals surface area contributed by atoms with Crippen molar-refractivity contribution in [1.82, 2.24) is 24.5 Å². The summed E-state index contributed by atoms with van der Waals surface area (Å²) >= 11 is 0. The number of piperidine rings is 1. The van der Waals surface area contributed by atoms with Crippen molar-refractivity contribution in [2.45, 2.75) is 43.6 Å². The lowest BCUT2D eigenvalue weighted by Gasteiger charge is -2.30. The van der Waals surface area contributed by atoms with Crippen molar-refractivity contribution in [2.75, 3.05) is 51.2 Å². The van der Waals surface area contributed by atoms with Crippen LogP contribution in [0.5, 0.6) is 5.75 Å². The van der Waals surface area contributed by atoms with E-state index in [1.54, 1.807) is 24.3 Å². The topological polar surface area (TPSA) is 129 Å². The number of carbonyl (C=O) groups is 1. The Balaban J connectivity index is 1.46. The molecule has 0 unspecified atom stereocenters. The first kappa shape index (κ1) is 33.3. The third-order valence-corrected chi connectivity index (χ3v) is 9.63. The normalized spacial score (nSPS) is 19.2. The van der Waals surface area contributed by atoms with Crippen molar-refractivity contribution in [1.29, 1.82) is 0 Å². The van der Waals surface area contributed by atoms with Gasteiger partial charge >= 0.3 is 6.18 Å². The van der Waals surface area contributed by atoms with Crippen LogP contribution >= 0.6 is 0 Å². The molecule has 248 valence electrons. The number of hydrogen-bond acceptors (Lipinski definition) is 9. The average Bonchev–Trinajstić information content (AvgIpc) is 3.35. The highest BCUT2D eigenvalue weighted by atomic mass is 32.2. The van der Waals surface area contributed by atoms with Crippen molar-refractivity contribution < 1.29 is 35.5 Å². The predicted molar refractivity (Wildman–Crippen MR) is 164 cm³/mol. The fourth-order valence-corrected chi connectivity index (χ4v) is 6.50. The number of aromatic nitrogens is 2. The van der Waals surface area contributed by atoms with E-state index in [2.05, 4.69) is 30.8 Å². The zero-order valence-corrected chi connectivity index (χ0v) is 26.5. The fourth-order valence-electron chi connectivity index (χ4n) is 5.83. The molecule has 2 aliphatic rings. The van der Waals surface area contributed by atoms with Gasteiger partial charge in [0.05, 0.1) is 36.7 Å². The molecule has 0 spiro atoms. The van der Waals surface area contributed by atoms with Crippen LogP contribution in [0.15, 0.2) is 42.6 Å². The third kappa shape index (κ3) is 7.18. The molecule has 1 aliphatic heterocycles. The molecule has 11 nitrogen and oxygen atoms in total. The van der Waals surface area contributed by atoms with Crippen molar-refractivity contribution >= 4 is 33.4 Å². The quantitative estimate of drug-likeness (QED) is 0.289. The van der Waals surface area contributed by atoms with Gasteiger partial charge < -0.3 is 25.6 Å². The zero-order valence-electron chi connectivity index (χ0n) is 25.7. The lowest BCUT2D eigenvalue weighted by atomic mass is 10.0. The largest absolute Gasteiger partial charge is 0.494 e. The van der Waals surface area contributed by atoms with E-state index >= 15 is 4.39 Å². The summed E-state index contributed by atoms with van der Waals surface area (Å²) in [5, 5.41) is 8.44. The van der Waals surface area contributed by atoms with Gasteiger partial charge in [0.1, 0.15) is 22.9 Å². The van der Waals surface area contributed by atoms with Crippen LogP contribution in [0.3, 0.4) is 0 Å². The Morgan fingerprint density at radius 1 is 1.15 bits per heavy atom. The number of methoxy groups -OCH3 is 1. The van der Waals surface area contributed by atoms with Crippen molar-refractivity contribution in [2.24, 2.45) is 0 Å². The average molecular weight is 666 g/mol. The number of amides is 1. The molecule has 0 radical (unpaired) electrons. The Labute approximate surface area is 264 Å². The molecule has 16 heteroatoms. The zero-order chi connectivity index (χ0) is 33.4. The van der Waals surface area contributed by atoms with E-state index in [4.69, 9.17) is 4.74 Å². The molecule has 1 fully saturated rings. The Kier molecular flexibility index (Phi) is 9.42. The minimum atomic E-state index is -4.85. The van der Waals surface area contributed by atoms with E-state index in [1.165, 1.54) is 20.2 Å². The van der Waals surface area contributed by atoms with Crippen LogP contribution in [0.4, 0.5) is 35.0 Å². The summed E-state index contributed by atoms with van der Waals surface area (Å²) in [5.41, 5.74) is 0.0348. The van der Waals surface area contributed by atoms with Crippen LogP contribution in [-0.2, 0) is 22.6 Å². The van der Waals surface area contributed by atoms with Crippen LogP contribution in [0.25, 0.3) is 0 Å². The molecule has 3 N–H and O–H groups in total. The highest BCUT2D eigenvalue weighted by Crippen LogP contribution is 2.41. The second-order valence-corrected chi connectivity index (χ2v) is 13.6. The van der Waals surface area contributed by atoms with Gasteiger partial charge in [0.25, 0.3) is 5.91 Å². The predicted octanol–water partition coefficient (Wildman–Crippen LogP) is 4.18. The number of likely N-dealkylation sites (tertiary alicyclic amines) is 1. The van der Waals surface area contributed by atoms with Gasteiger partial charge in [-0.15, -0.1) is 0 Å². The summed E-state index contributed by atoms with van der Waals surface area (Å²) in [7, 11) is 0.889. The molecule has 2 heterocycles. The van der Waals surface area contributed by atoms with Crippen LogP contribution in [0.1, 0.15) is 45.9 Å². The first-order valence-corrected chi connectivity index (χ1v) is 16.4. The van der Waals surface area contributed by atoms with Gasteiger partial charge in [0.15, 0.2) is 0 Å². The monoisotopic (exact) mass is 665 g/mol. The van der Waals surface area contributed by atoms with E-state index < -0.39 is 51.4 Å². The summed E-state index contributed by atoms with van der Waals surface area (Å²) in [5.74, 6) is -2.41. The van der Waals surface area contributed by atoms with Gasteiger partial charge in [-0.1, -0.05) is 24.3 Å². The molecule has 1 aliphatic carbocycles. The number of alkyl halides is 3. The van der Waals surface area contributed by atoms with Gasteiger partial charge in [-0.25, -0.2) is 17.8 Å². The molecular weight excluding hydrogens is 630 g/mol. The maximum Gasteiger partial charge on any atom is 0.421 e. The number of likely N-dealkylation sites (N-methyl/N-ethyl adjacent to an activating group) is 1. The summed E-state index contributed by atoms with van der Waals surface area (Å²) in [6.07, 6.45) is -1.60. The Morgan fingerprint density at radius 3 is 2.50 bits per heavy atom. The first-order valence-electron chi connectivity index (χ1n) is 14.5. The van der Waals surface area contributed by atoms with Crippen molar-refractivity contribution in [3.05, 3.63) is 70.7 Å². The highest BCUT2D eigenvalue weighted by molar-refractivity contribution is 7.88. The van der Waals surface area contributed by atoms with Gasteiger partial charge in [-0.3, -0.25) is 4.79 Å². The molecule has 1 aromatic heterocycles. The van der Waals surface area contributed by atoms with E-state index in [-0.39, 0.29) is 35.4 Å². The van der Waals surface area contributed by atoms with Gasteiger partial charge in [0.2, 0.25) is 16.0 Å².